The first-order chi connectivity index (χ1) is 8.37. The van der Waals surface area contributed by atoms with E-state index in [0.717, 1.165) is 24.6 Å². The van der Waals surface area contributed by atoms with Crippen LogP contribution in [0.1, 0.15) is 41.0 Å². The number of hydrogen-bond acceptors (Lipinski definition) is 3. The van der Waals surface area contributed by atoms with E-state index in [-0.39, 0.29) is 12.1 Å². The van der Waals surface area contributed by atoms with Crippen molar-refractivity contribution in [1.29, 1.82) is 0 Å². The van der Waals surface area contributed by atoms with Gasteiger partial charge < -0.3 is 9.16 Å². The van der Waals surface area contributed by atoms with Gasteiger partial charge in [-0.2, -0.15) is 0 Å². The summed E-state index contributed by atoms with van der Waals surface area (Å²) in [5, 5.41) is 0. The second kappa shape index (κ2) is 8.48. The quantitative estimate of drug-likeness (QED) is 0.276. The molecule has 0 aromatic heterocycles. The minimum Gasteiger partial charge on any atom is -0.462 e. The lowest BCUT2D eigenvalue weighted by Crippen LogP contribution is -2.39. The van der Waals surface area contributed by atoms with Crippen LogP contribution in [0.5, 0.6) is 0 Å². The van der Waals surface area contributed by atoms with Gasteiger partial charge in [-0.3, -0.25) is 0 Å². The fourth-order valence-electron chi connectivity index (χ4n) is 2.01. The normalized spacial score (nSPS) is 11.7. The van der Waals surface area contributed by atoms with Gasteiger partial charge in [0.05, 0.1) is 6.61 Å². The van der Waals surface area contributed by atoms with Crippen LogP contribution in [0.2, 0.25) is 18.1 Å². The Labute approximate surface area is 113 Å². The lowest BCUT2D eigenvalue weighted by Gasteiger charge is -2.31. The average molecular weight is 272 g/mol. The van der Waals surface area contributed by atoms with Gasteiger partial charge in [-0.05, 0) is 45.3 Å². The molecule has 0 N–H and O–H groups in total. The third-order valence-corrected chi connectivity index (χ3v) is 7.95. The maximum absolute atomic E-state index is 11.2. The minimum absolute atomic E-state index is 0.287. The summed E-state index contributed by atoms with van der Waals surface area (Å²) in [7, 11) is -1.62. The van der Waals surface area contributed by atoms with Crippen LogP contribution >= 0.6 is 0 Å². The molecule has 4 heteroatoms. The van der Waals surface area contributed by atoms with Crippen LogP contribution in [0.25, 0.3) is 0 Å². The molecule has 0 radical (unpaired) electrons. The third kappa shape index (κ3) is 6.35. The molecule has 3 nitrogen and oxygen atoms in total. The second-order valence-corrected chi connectivity index (χ2v) is 9.59. The maximum Gasteiger partial charge on any atom is 0.333 e. The number of carbonyl (C=O) groups excluding carboxylic acids is 1. The first-order valence-electron chi connectivity index (χ1n) is 6.87. The Kier molecular flexibility index (Phi) is 8.19. The highest BCUT2D eigenvalue weighted by atomic mass is 28.4. The summed E-state index contributed by atoms with van der Waals surface area (Å²) in [6, 6.07) is 3.30. The summed E-state index contributed by atoms with van der Waals surface area (Å²) in [5.74, 6) is -0.292. The van der Waals surface area contributed by atoms with Gasteiger partial charge >= 0.3 is 5.97 Å². The molecule has 0 aromatic carbocycles. The van der Waals surface area contributed by atoms with Gasteiger partial charge in [0.2, 0.25) is 0 Å². The van der Waals surface area contributed by atoms with Crippen LogP contribution in [0, 0.1) is 0 Å². The van der Waals surface area contributed by atoms with E-state index in [1.807, 2.05) is 0 Å². The van der Waals surface area contributed by atoms with E-state index in [1.54, 1.807) is 6.92 Å². The van der Waals surface area contributed by atoms with E-state index in [4.69, 9.17) is 9.16 Å². The fourth-order valence-corrected chi connectivity index (χ4v) is 5.46. The topological polar surface area (TPSA) is 35.5 Å². The van der Waals surface area contributed by atoms with E-state index < -0.39 is 8.32 Å². The Morgan fingerprint density at radius 1 is 1.28 bits per heavy atom. The Balaban J connectivity index is 4.12. The first kappa shape index (κ1) is 17.4. The van der Waals surface area contributed by atoms with Crippen molar-refractivity contribution >= 4 is 14.3 Å². The largest absolute Gasteiger partial charge is 0.462 e. The van der Waals surface area contributed by atoms with E-state index in [9.17, 15) is 4.79 Å². The summed E-state index contributed by atoms with van der Waals surface area (Å²) in [4.78, 5) is 11.2. The molecule has 0 aliphatic rings. The van der Waals surface area contributed by atoms with Crippen LogP contribution in [-0.2, 0) is 14.0 Å². The summed E-state index contributed by atoms with van der Waals surface area (Å²) < 4.78 is 11.3. The highest BCUT2D eigenvalue weighted by molar-refractivity contribution is 6.73. The Morgan fingerprint density at radius 2 is 1.83 bits per heavy atom. The van der Waals surface area contributed by atoms with Crippen LogP contribution in [-0.4, -0.2) is 27.0 Å². The first-order valence-corrected chi connectivity index (χ1v) is 9.40. The van der Waals surface area contributed by atoms with Crippen molar-refractivity contribution < 1.29 is 14.0 Å². The highest BCUT2D eigenvalue weighted by Crippen LogP contribution is 2.25. The predicted octanol–water partition coefficient (Wildman–Crippen LogP) is 3.91. The highest BCUT2D eigenvalue weighted by Gasteiger charge is 2.31. The SMILES string of the molecule is C=C(C)C(=O)OCCC[Si](CC)(CC)OC(C)C. The molecule has 0 saturated heterocycles. The van der Waals surface area contributed by atoms with Crippen molar-refractivity contribution in [2.24, 2.45) is 0 Å². The van der Waals surface area contributed by atoms with E-state index in [0.29, 0.717) is 12.2 Å². The van der Waals surface area contributed by atoms with Gasteiger partial charge in [-0.15, -0.1) is 0 Å². The summed E-state index contributed by atoms with van der Waals surface area (Å²) >= 11 is 0. The summed E-state index contributed by atoms with van der Waals surface area (Å²) in [6.45, 7) is 14.3. The van der Waals surface area contributed by atoms with Crippen molar-refractivity contribution in [1.82, 2.24) is 0 Å². The Bertz CT molecular complexity index is 270. The smallest absolute Gasteiger partial charge is 0.333 e. The summed E-state index contributed by atoms with van der Waals surface area (Å²) in [5.41, 5.74) is 0.461. The molecule has 0 aromatic rings. The van der Waals surface area contributed by atoms with E-state index in [2.05, 4.69) is 34.3 Å². The van der Waals surface area contributed by atoms with Gasteiger partial charge in [0.15, 0.2) is 8.32 Å². The molecule has 0 rings (SSSR count). The van der Waals surface area contributed by atoms with Gasteiger partial charge in [-0.1, -0.05) is 20.4 Å². The molecule has 0 heterocycles. The van der Waals surface area contributed by atoms with Crippen molar-refractivity contribution in [2.45, 2.75) is 65.3 Å². The standard InChI is InChI=1S/C14H28O3Si/c1-7-18(8-2,17-13(5)6)11-9-10-16-14(15)12(3)4/h13H,3,7-11H2,1-2,4-6H3. The van der Waals surface area contributed by atoms with Crippen molar-refractivity contribution in [2.75, 3.05) is 6.61 Å². The number of esters is 1. The lowest BCUT2D eigenvalue weighted by molar-refractivity contribution is -0.138. The second-order valence-electron chi connectivity index (χ2n) is 5.08. The van der Waals surface area contributed by atoms with Crippen molar-refractivity contribution in [3.63, 3.8) is 0 Å². The van der Waals surface area contributed by atoms with Gasteiger partial charge in [0.1, 0.15) is 0 Å². The van der Waals surface area contributed by atoms with Crippen LogP contribution in [0.4, 0.5) is 0 Å². The van der Waals surface area contributed by atoms with Crippen molar-refractivity contribution in [3.8, 4) is 0 Å². The molecule has 0 spiro atoms. The molecule has 18 heavy (non-hydrogen) atoms. The third-order valence-electron chi connectivity index (χ3n) is 3.13. The number of rotatable bonds is 9. The predicted molar refractivity (Wildman–Crippen MR) is 78.1 cm³/mol. The Hall–Kier alpha value is -0.613. The molecule has 0 fully saturated rings. The maximum atomic E-state index is 11.2. The van der Waals surface area contributed by atoms with Crippen LogP contribution in [0.15, 0.2) is 12.2 Å². The van der Waals surface area contributed by atoms with E-state index >= 15 is 0 Å². The zero-order valence-corrected chi connectivity index (χ0v) is 13.5. The zero-order chi connectivity index (χ0) is 14.2. The van der Waals surface area contributed by atoms with Gasteiger partial charge in [-0.25, -0.2) is 4.79 Å². The monoisotopic (exact) mass is 272 g/mol. The Morgan fingerprint density at radius 3 is 2.22 bits per heavy atom. The molecule has 0 bridgehead atoms. The fraction of sp³-hybridized carbons (Fsp3) is 0.786. The number of hydrogen-bond donors (Lipinski definition) is 0. The number of ether oxygens (including phenoxy) is 1. The van der Waals surface area contributed by atoms with Crippen LogP contribution in [0.3, 0.4) is 0 Å². The van der Waals surface area contributed by atoms with Crippen LogP contribution < -0.4 is 0 Å². The van der Waals surface area contributed by atoms with E-state index in [1.165, 1.54) is 0 Å². The molecule has 0 aliphatic carbocycles. The molecular weight excluding hydrogens is 244 g/mol. The molecular formula is C14H28O3Si. The molecule has 0 unspecified atom stereocenters. The zero-order valence-electron chi connectivity index (χ0n) is 12.5. The van der Waals surface area contributed by atoms with Gasteiger partial charge in [0.25, 0.3) is 0 Å². The molecule has 0 aliphatic heterocycles. The molecule has 0 amide bonds. The molecule has 0 atom stereocenters. The summed E-state index contributed by atoms with van der Waals surface area (Å²) in [6.07, 6.45) is 1.18. The number of carbonyl (C=O) groups is 1. The van der Waals surface area contributed by atoms with Crippen molar-refractivity contribution in [3.05, 3.63) is 12.2 Å². The average Bonchev–Trinajstić information content (AvgIpc) is 2.32. The molecule has 0 saturated carbocycles. The van der Waals surface area contributed by atoms with Gasteiger partial charge in [0, 0.05) is 11.7 Å². The molecule has 106 valence electrons. The lowest BCUT2D eigenvalue weighted by atomic mass is 10.4. The minimum atomic E-state index is -1.62.